The lowest BCUT2D eigenvalue weighted by Gasteiger charge is -2.19. The second-order valence-corrected chi connectivity index (χ2v) is 3.80. The molecule has 0 saturated carbocycles. The number of hydrogen-bond donors (Lipinski definition) is 2. The van der Waals surface area contributed by atoms with Crippen LogP contribution in [-0.4, -0.2) is 19.0 Å². The first-order valence-corrected chi connectivity index (χ1v) is 5.19. The zero-order valence-corrected chi connectivity index (χ0v) is 9.65. The Balaban J connectivity index is 2.36. The first kappa shape index (κ1) is 11.7. The van der Waals surface area contributed by atoms with E-state index >= 15 is 0 Å². The van der Waals surface area contributed by atoms with Gasteiger partial charge >= 0.3 is 0 Å². The maximum atomic E-state index is 5.97. The van der Waals surface area contributed by atoms with Crippen LogP contribution in [0.5, 0.6) is 5.75 Å². The predicted molar refractivity (Wildman–Crippen MR) is 65.1 cm³/mol. The van der Waals surface area contributed by atoms with Crippen molar-refractivity contribution in [1.29, 1.82) is 0 Å². The van der Waals surface area contributed by atoms with Gasteiger partial charge in [-0.15, -0.1) is 5.10 Å². The highest BCUT2D eigenvalue weighted by molar-refractivity contribution is 6.31. The van der Waals surface area contributed by atoms with Crippen LogP contribution in [0.15, 0.2) is 22.3 Å². The van der Waals surface area contributed by atoms with Crippen LogP contribution in [0.2, 0.25) is 5.02 Å². The van der Waals surface area contributed by atoms with Gasteiger partial charge in [-0.1, -0.05) is 11.6 Å². The molecule has 0 saturated heterocycles. The van der Waals surface area contributed by atoms with Gasteiger partial charge in [0.1, 0.15) is 5.75 Å². The van der Waals surface area contributed by atoms with E-state index in [1.807, 2.05) is 0 Å². The molecule has 0 amide bonds. The van der Waals surface area contributed by atoms with E-state index in [-0.39, 0.29) is 12.8 Å². The van der Waals surface area contributed by atoms with Crippen molar-refractivity contribution >= 4 is 23.8 Å². The standard InChI is InChI=1S/C10H11ClN4O2/c11-8-1-6(3-14-15-10(12)13)9-7(2-8)4-16-5-17-9/h1-3H,4-5H2,(H4,12,13,15). The van der Waals surface area contributed by atoms with Crippen molar-refractivity contribution < 1.29 is 9.47 Å². The highest BCUT2D eigenvalue weighted by atomic mass is 35.5. The number of halogens is 1. The Labute approximate surface area is 103 Å². The highest BCUT2D eigenvalue weighted by Gasteiger charge is 2.15. The van der Waals surface area contributed by atoms with Gasteiger partial charge in [0.15, 0.2) is 6.79 Å². The predicted octanol–water partition coefficient (Wildman–Crippen LogP) is 0.814. The van der Waals surface area contributed by atoms with Crippen LogP contribution < -0.4 is 16.2 Å². The number of ether oxygens (including phenoxy) is 2. The second-order valence-electron chi connectivity index (χ2n) is 3.36. The van der Waals surface area contributed by atoms with Gasteiger partial charge in [0.25, 0.3) is 0 Å². The number of hydrogen-bond acceptors (Lipinski definition) is 4. The molecule has 1 heterocycles. The maximum absolute atomic E-state index is 5.97. The Morgan fingerprint density at radius 1 is 1.41 bits per heavy atom. The summed E-state index contributed by atoms with van der Waals surface area (Å²) < 4.78 is 10.5. The molecule has 0 spiro atoms. The van der Waals surface area contributed by atoms with E-state index in [1.54, 1.807) is 12.1 Å². The molecule has 0 unspecified atom stereocenters. The lowest BCUT2D eigenvalue weighted by Crippen LogP contribution is -2.21. The quantitative estimate of drug-likeness (QED) is 0.464. The summed E-state index contributed by atoms with van der Waals surface area (Å²) >= 11 is 5.97. The number of nitrogens with two attached hydrogens (primary N) is 2. The maximum Gasteiger partial charge on any atom is 0.211 e. The summed E-state index contributed by atoms with van der Waals surface area (Å²) in [6, 6.07) is 3.51. The van der Waals surface area contributed by atoms with Gasteiger partial charge in [0.2, 0.25) is 5.96 Å². The summed E-state index contributed by atoms with van der Waals surface area (Å²) in [6.07, 6.45) is 1.48. The number of rotatable bonds is 2. The van der Waals surface area contributed by atoms with Crippen LogP contribution in [-0.2, 0) is 11.3 Å². The molecule has 7 heteroatoms. The van der Waals surface area contributed by atoms with Gasteiger partial charge in [-0.05, 0) is 12.1 Å². The fourth-order valence-corrected chi connectivity index (χ4v) is 1.71. The van der Waals surface area contributed by atoms with Crippen molar-refractivity contribution in [3.05, 3.63) is 28.3 Å². The van der Waals surface area contributed by atoms with Gasteiger partial charge in [0, 0.05) is 16.1 Å². The largest absolute Gasteiger partial charge is 0.466 e. The minimum absolute atomic E-state index is 0.110. The van der Waals surface area contributed by atoms with E-state index in [4.69, 9.17) is 32.5 Å². The third kappa shape index (κ3) is 2.86. The number of benzene rings is 1. The zero-order valence-electron chi connectivity index (χ0n) is 8.89. The number of nitrogens with zero attached hydrogens (tertiary/aromatic N) is 2. The van der Waals surface area contributed by atoms with E-state index in [2.05, 4.69) is 10.2 Å². The molecule has 1 aromatic carbocycles. The smallest absolute Gasteiger partial charge is 0.211 e. The molecule has 2 rings (SSSR count). The molecule has 0 aromatic heterocycles. The highest BCUT2D eigenvalue weighted by Crippen LogP contribution is 2.30. The lowest BCUT2D eigenvalue weighted by molar-refractivity contribution is -0.0164. The van der Waals surface area contributed by atoms with Crippen LogP contribution in [0.3, 0.4) is 0 Å². The van der Waals surface area contributed by atoms with Crippen molar-refractivity contribution in [3.8, 4) is 5.75 Å². The van der Waals surface area contributed by atoms with Crippen molar-refractivity contribution in [2.45, 2.75) is 6.61 Å². The third-order valence-corrected chi connectivity index (χ3v) is 2.29. The first-order valence-electron chi connectivity index (χ1n) is 4.82. The van der Waals surface area contributed by atoms with E-state index in [1.165, 1.54) is 6.21 Å². The van der Waals surface area contributed by atoms with Crippen LogP contribution in [0.4, 0.5) is 0 Å². The van der Waals surface area contributed by atoms with E-state index in [9.17, 15) is 0 Å². The Bertz CT molecular complexity index is 483. The fourth-order valence-electron chi connectivity index (χ4n) is 1.46. The molecule has 6 nitrogen and oxygen atoms in total. The van der Waals surface area contributed by atoms with Gasteiger partial charge < -0.3 is 20.9 Å². The van der Waals surface area contributed by atoms with Crippen molar-refractivity contribution in [2.24, 2.45) is 21.7 Å². The summed E-state index contributed by atoms with van der Waals surface area (Å²) in [4.78, 5) is 0. The average Bonchev–Trinajstić information content (AvgIpc) is 2.28. The van der Waals surface area contributed by atoms with Crippen LogP contribution in [0, 0.1) is 0 Å². The molecule has 0 fully saturated rings. The summed E-state index contributed by atoms with van der Waals surface area (Å²) in [5, 5.41) is 7.81. The van der Waals surface area contributed by atoms with Crippen molar-refractivity contribution in [2.75, 3.05) is 6.79 Å². The molecule has 0 radical (unpaired) electrons. The van der Waals surface area contributed by atoms with E-state index in [0.29, 0.717) is 22.9 Å². The molecule has 0 bridgehead atoms. The summed E-state index contributed by atoms with van der Waals surface area (Å²) in [7, 11) is 0. The Hall–Kier alpha value is -1.79. The Morgan fingerprint density at radius 2 is 2.24 bits per heavy atom. The second kappa shape index (κ2) is 5.03. The Morgan fingerprint density at radius 3 is 3.00 bits per heavy atom. The molecule has 1 aromatic rings. The van der Waals surface area contributed by atoms with E-state index < -0.39 is 0 Å². The van der Waals surface area contributed by atoms with Crippen molar-refractivity contribution in [1.82, 2.24) is 0 Å². The van der Waals surface area contributed by atoms with Gasteiger partial charge in [-0.25, -0.2) is 0 Å². The number of guanidine groups is 1. The number of fused-ring (bicyclic) bond motifs is 1. The molecular formula is C10H11ClN4O2. The first-order chi connectivity index (χ1) is 8.16. The molecule has 4 N–H and O–H groups in total. The molecular weight excluding hydrogens is 244 g/mol. The van der Waals surface area contributed by atoms with Crippen LogP contribution in [0.25, 0.3) is 0 Å². The fraction of sp³-hybridized carbons (Fsp3) is 0.200. The minimum Gasteiger partial charge on any atom is -0.466 e. The normalized spacial score (nSPS) is 14.2. The van der Waals surface area contributed by atoms with Crippen molar-refractivity contribution in [3.63, 3.8) is 0 Å². The SMILES string of the molecule is NC(N)=NN=Cc1cc(Cl)cc2c1OCOC2. The summed E-state index contributed by atoms with van der Waals surface area (Å²) in [5.41, 5.74) is 11.9. The van der Waals surface area contributed by atoms with Crippen LogP contribution in [0.1, 0.15) is 11.1 Å². The molecule has 0 atom stereocenters. The third-order valence-electron chi connectivity index (χ3n) is 2.07. The molecule has 17 heavy (non-hydrogen) atoms. The van der Waals surface area contributed by atoms with Gasteiger partial charge in [-0.3, -0.25) is 0 Å². The van der Waals surface area contributed by atoms with Gasteiger partial charge in [0.05, 0.1) is 12.8 Å². The molecule has 1 aliphatic rings. The topological polar surface area (TPSA) is 95.2 Å². The van der Waals surface area contributed by atoms with Crippen LogP contribution >= 0.6 is 11.6 Å². The molecule has 90 valence electrons. The minimum atomic E-state index is -0.110. The molecule has 0 aliphatic carbocycles. The lowest BCUT2D eigenvalue weighted by atomic mass is 10.1. The monoisotopic (exact) mass is 254 g/mol. The molecule has 1 aliphatic heterocycles. The summed E-state index contributed by atoms with van der Waals surface area (Å²) in [6.45, 7) is 0.663. The zero-order chi connectivity index (χ0) is 12.3. The van der Waals surface area contributed by atoms with E-state index in [0.717, 1.165) is 5.56 Å². The van der Waals surface area contributed by atoms with Gasteiger partial charge in [-0.2, -0.15) is 5.10 Å². The Kier molecular flexibility index (Phi) is 3.46. The average molecular weight is 255 g/mol. The summed E-state index contributed by atoms with van der Waals surface area (Å²) in [5.74, 6) is 0.580.